The number of anilines is 2. The average molecular weight is 264 g/mol. The van der Waals surface area contributed by atoms with Gasteiger partial charge >= 0.3 is 0 Å². The van der Waals surface area contributed by atoms with Gasteiger partial charge in [0.25, 0.3) is 0 Å². The molecule has 0 heterocycles. The zero-order chi connectivity index (χ0) is 14.5. The molecule has 0 spiro atoms. The Kier molecular flexibility index (Phi) is 4.42. The fraction of sp³-hybridized carbons (Fsp3) is 0.278. The zero-order valence-electron chi connectivity index (χ0n) is 12.3. The molecule has 0 atom stereocenters. The second-order valence-electron chi connectivity index (χ2n) is 4.92. The lowest BCUT2D eigenvalue weighted by molar-refractivity contribution is 1.09. The van der Waals surface area contributed by atoms with Gasteiger partial charge in [0.1, 0.15) is 0 Å². The van der Waals surface area contributed by atoms with E-state index in [9.17, 15) is 0 Å². The van der Waals surface area contributed by atoms with Gasteiger partial charge in [-0.1, -0.05) is 32.0 Å². The van der Waals surface area contributed by atoms with Crippen molar-refractivity contribution in [3.05, 3.63) is 58.7 Å². The Balaban J connectivity index is 2.39. The number of hydrogen-bond acceptors (Lipinski definition) is 2. The molecular weight excluding hydrogens is 244 g/mol. The summed E-state index contributed by atoms with van der Waals surface area (Å²) in [6, 6.07) is 14.5. The van der Waals surface area contributed by atoms with E-state index in [0.717, 1.165) is 29.7 Å². The SMILES string of the molecule is CCc1cccc(CC)c1Nc1ccc(C#N)c(C)c1. The summed E-state index contributed by atoms with van der Waals surface area (Å²) in [6.45, 7) is 6.31. The maximum Gasteiger partial charge on any atom is 0.0994 e. The molecule has 2 aromatic carbocycles. The third kappa shape index (κ3) is 2.83. The summed E-state index contributed by atoms with van der Waals surface area (Å²) in [5.41, 5.74) is 6.64. The second-order valence-corrected chi connectivity index (χ2v) is 4.92. The van der Waals surface area contributed by atoms with Crippen molar-refractivity contribution in [1.82, 2.24) is 0 Å². The van der Waals surface area contributed by atoms with Gasteiger partial charge < -0.3 is 5.32 Å². The van der Waals surface area contributed by atoms with Gasteiger partial charge in [0.15, 0.2) is 0 Å². The molecule has 0 aliphatic rings. The Morgan fingerprint density at radius 2 is 1.70 bits per heavy atom. The molecular formula is C18H20N2. The highest BCUT2D eigenvalue weighted by Crippen LogP contribution is 2.27. The third-order valence-corrected chi connectivity index (χ3v) is 3.62. The molecule has 0 fully saturated rings. The van der Waals surface area contributed by atoms with Crippen LogP contribution in [0.4, 0.5) is 11.4 Å². The molecule has 2 rings (SSSR count). The van der Waals surface area contributed by atoms with Crippen LogP contribution >= 0.6 is 0 Å². The molecule has 0 saturated heterocycles. The molecule has 0 aliphatic carbocycles. The Labute approximate surface area is 121 Å². The Bertz CT molecular complexity index is 629. The minimum Gasteiger partial charge on any atom is -0.355 e. The third-order valence-electron chi connectivity index (χ3n) is 3.62. The lowest BCUT2D eigenvalue weighted by atomic mass is 10.0. The van der Waals surface area contributed by atoms with E-state index in [4.69, 9.17) is 5.26 Å². The molecule has 1 N–H and O–H groups in total. The topological polar surface area (TPSA) is 35.8 Å². The van der Waals surface area contributed by atoms with Crippen LogP contribution in [-0.2, 0) is 12.8 Å². The largest absolute Gasteiger partial charge is 0.355 e. The van der Waals surface area contributed by atoms with Crippen molar-refractivity contribution in [2.24, 2.45) is 0 Å². The number of hydrogen-bond donors (Lipinski definition) is 1. The van der Waals surface area contributed by atoms with Gasteiger partial charge in [-0.05, 0) is 54.7 Å². The first-order valence-electron chi connectivity index (χ1n) is 7.08. The Hall–Kier alpha value is -2.27. The van der Waals surface area contributed by atoms with Crippen LogP contribution in [0.25, 0.3) is 0 Å². The van der Waals surface area contributed by atoms with Crippen molar-refractivity contribution >= 4 is 11.4 Å². The van der Waals surface area contributed by atoms with Crippen molar-refractivity contribution in [1.29, 1.82) is 5.26 Å². The summed E-state index contributed by atoms with van der Waals surface area (Å²) in [7, 11) is 0. The van der Waals surface area contributed by atoms with Crippen LogP contribution in [0.2, 0.25) is 0 Å². The Morgan fingerprint density at radius 1 is 1.05 bits per heavy atom. The van der Waals surface area contributed by atoms with Crippen molar-refractivity contribution in [3.8, 4) is 6.07 Å². The van der Waals surface area contributed by atoms with Crippen LogP contribution in [0.5, 0.6) is 0 Å². The predicted octanol–water partition coefficient (Wildman–Crippen LogP) is 4.74. The first-order chi connectivity index (χ1) is 9.69. The van der Waals surface area contributed by atoms with Crippen molar-refractivity contribution in [2.45, 2.75) is 33.6 Å². The van der Waals surface area contributed by atoms with Crippen molar-refractivity contribution in [3.63, 3.8) is 0 Å². The van der Waals surface area contributed by atoms with Gasteiger partial charge in [-0.3, -0.25) is 0 Å². The van der Waals surface area contributed by atoms with Gasteiger partial charge in [0.2, 0.25) is 0 Å². The fourth-order valence-corrected chi connectivity index (χ4v) is 2.41. The van der Waals surface area contributed by atoms with Crippen LogP contribution in [-0.4, -0.2) is 0 Å². The number of nitrogens with one attached hydrogen (secondary N) is 1. The van der Waals surface area contributed by atoms with E-state index < -0.39 is 0 Å². The molecule has 0 amide bonds. The number of aryl methyl sites for hydroxylation is 3. The summed E-state index contributed by atoms with van der Waals surface area (Å²) in [6.07, 6.45) is 2.01. The molecule has 0 aliphatic heterocycles. The smallest absolute Gasteiger partial charge is 0.0994 e. The average Bonchev–Trinajstić information content (AvgIpc) is 2.47. The maximum absolute atomic E-state index is 8.99. The van der Waals surface area contributed by atoms with E-state index in [0.29, 0.717) is 0 Å². The fourth-order valence-electron chi connectivity index (χ4n) is 2.41. The van der Waals surface area contributed by atoms with Crippen LogP contribution in [0.3, 0.4) is 0 Å². The lowest BCUT2D eigenvalue weighted by Gasteiger charge is -2.16. The van der Waals surface area contributed by atoms with Crippen LogP contribution in [0.15, 0.2) is 36.4 Å². The highest BCUT2D eigenvalue weighted by Gasteiger charge is 2.07. The molecule has 102 valence electrons. The normalized spacial score (nSPS) is 10.1. The first kappa shape index (κ1) is 14.1. The number of benzene rings is 2. The molecule has 20 heavy (non-hydrogen) atoms. The van der Waals surface area contributed by atoms with E-state index in [1.54, 1.807) is 0 Å². The molecule has 2 heteroatoms. The monoisotopic (exact) mass is 264 g/mol. The highest BCUT2D eigenvalue weighted by molar-refractivity contribution is 5.68. The van der Waals surface area contributed by atoms with E-state index in [2.05, 4.69) is 43.4 Å². The molecule has 2 aromatic rings. The summed E-state index contributed by atoms with van der Waals surface area (Å²) >= 11 is 0. The minimum atomic E-state index is 0.732. The maximum atomic E-state index is 8.99. The van der Waals surface area contributed by atoms with Gasteiger partial charge in [0, 0.05) is 11.4 Å². The van der Waals surface area contributed by atoms with E-state index >= 15 is 0 Å². The van der Waals surface area contributed by atoms with E-state index in [1.807, 2.05) is 25.1 Å². The molecule has 0 aromatic heterocycles. The minimum absolute atomic E-state index is 0.732. The quantitative estimate of drug-likeness (QED) is 0.866. The summed E-state index contributed by atoms with van der Waals surface area (Å²) in [5.74, 6) is 0. The second kappa shape index (κ2) is 6.25. The van der Waals surface area contributed by atoms with Crippen LogP contribution in [0.1, 0.15) is 36.1 Å². The number of nitrogens with zero attached hydrogens (tertiary/aromatic N) is 1. The number of rotatable bonds is 4. The standard InChI is InChI=1S/C18H20N2/c1-4-14-7-6-8-15(5-2)18(14)20-17-10-9-16(12-19)13(3)11-17/h6-11,20H,4-5H2,1-3H3. The van der Waals surface area contributed by atoms with Crippen molar-refractivity contribution < 1.29 is 0 Å². The summed E-state index contributed by atoms with van der Waals surface area (Å²) in [4.78, 5) is 0. The summed E-state index contributed by atoms with van der Waals surface area (Å²) in [5, 5.41) is 12.5. The molecule has 0 radical (unpaired) electrons. The van der Waals surface area contributed by atoms with E-state index in [-0.39, 0.29) is 0 Å². The van der Waals surface area contributed by atoms with Crippen molar-refractivity contribution in [2.75, 3.05) is 5.32 Å². The van der Waals surface area contributed by atoms with Gasteiger partial charge in [-0.25, -0.2) is 0 Å². The molecule has 0 unspecified atom stereocenters. The summed E-state index contributed by atoms with van der Waals surface area (Å²) < 4.78 is 0. The highest BCUT2D eigenvalue weighted by atomic mass is 14.9. The zero-order valence-corrected chi connectivity index (χ0v) is 12.3. The van der Waals surface area contributed by atoms with Gasteiger partial charge in [-0.15, -0.1) is 0 Å². The number of para-hydroxylation sites is 1. The van der Waals surface area contributed by atoms with Gasteiger partial charge in [-0.2, -0.15) is 5.26 Å². The molecule has 2 nitrogen and oxygen atoms in total. The predicted molar refractivity (Wildman–Crippen MR) is 84.4 cm³/mol. The van der Waals surface area contributed by atoms with E-state index in [1.165, 1.54) is 16.8 Å². The first-order valence-corrected chi connectivity index (χ1v) is 7.08. The van der Waals surface area contributed by atoms with Crippen LogP contribution < -0.4 is 5.32 Å². The molecule has 0 saturated carbocycles. The van der Waals surface area contributed by atoms with Gasteiger partial charge in [0.05, 0.1) is 11.6 Å². The molecule has 0 bridgehead atoms. The number of nitriles is 1. The van der Waals surface area contributed by atoms with Crippen LogP contribution in [0, 0.1) is 18.3 Å². The lowest BCUT2D eigenvalue weighted by Crippen LogP contribution is -2.00. The Morgan fingerprint density at radius 3 is 2.20 bits per heavy atom.